The lowest BCUT2D eigenvalue weighted by atomic mass is 9.88. The van der Waals surface area contributed by atoms with Crippen molar-refractivity contribution in [2.45, 2.75) is 95.3 Å². The van der Waals surface area contributed by atoms with E-state index < -0.39 is 27.1 Å². The maximum absolute atomic E-state index is 13.7. The van der Waals surface area contributed by atoms with Gasteiger partial charge in [-0.25, -0.2) is 8.42 Å². The Kier molecular flexibility index (Phi) is 11.4. The van der Waals surface area contributed by atoms with Crippen LogP contribution in [0.5, 0.6) is 0 Å². The molecule has 1 saturated carbocycles. The number of carbonyl (C=O) groups is 1. The smallest absolute Gasteiger partial charge is 0.366 e. The fraction of sp³-hybridized carbons (Fsp3) is 0.486. The fourth-order valence-electron chi connectivity index (χ4n) is 6.75. The van der Waals surface area contributed by atoms with Crippen molar-refractivity contribution >= 4 is 38.4 Å². The summed E-state index contributed by atoms with van der Waals surface area (Å²) in [4.78, 5) is 29.2. The van der Waals surface area contributed by atoms with Gasteiger partial charge >= 0.3 is 6.18 Å². The fourth-order valence-corrected chi connectivity index (χ4v) is 8.18. The molecule has 0 unspecified atom stereocenters. The van der Waals surface area contributed by atoms with E-state index in [0.29, 0.717) is 47.5 Å². The molecule has 250 valence electrons. The summed E-state index contributed by atoms with van der Waals surface area (Å²) in [5, 5.41) is 2.82. The molecule has 2 N–H and O–H groups in total. The quantitative estimate of drug-likeness (QED) is 0.220. The number of fused-ring (bicyclic) bond motifs is 1. The molecule has 1 aromatic heterocycles. The molecule has 2 heterocycles. The lowest BCUT2D eigenvalue weighted by Gasteiger charge is -2.31. The van der Waals surface area contributed by atoms with Gasteiger partial charge in [0, 0.05) is 47.4 Å². The number of amides is 1. The Hall–Kier alpha value is -3.60. The largest absolute Gasteiger partial charge is 0.417 e. The second-order valence-electron chi connectivity index (χ2n) is 12.4. The summed E-state index contributed by atoms with van der Waals surface area (Å²) in [7, 11) is -3.35. The van der Waals surface area contributed by atoms with Gasteiger partial charge in [0.25, 0.3) is 0 Å². The van der Waals surface area contributed by atoms with Crippen molar-refractivity contribution in [1.82, 2.24) is 10.3 Å². The van der Waals surface area contributed by atoms with E-state index in [-0.39, 0.29) is 42.1 Å². The molecule has 1 aliphatic heterocycles. The number of benzene rings is 2. The Balaban J connectivity index is 0.00000480. The van der Waals surface area contributed by atoms with Gasteiger partial charge in [-0.3, -0.25) is 9.59 Å². The van der Waals surface area contributed by atoms with E-state index in [1.807, 2.05) is 6.92 Å². The van der Waals surface area contributed by atoms with Crippen molar-refractivity contribution in [3.05, 3.63) is 76.1 Å². The van der Waals surface area contributed by atoms with Crippen molar-refractivity contribution < 1.29 is 26.4 Å². The van der Waals surface area contributed by atoms with Crippen molar-refractivity contribution in [3.8, 4) is 0 Å². The molecule has 5 rings (SSSR count). The van der Waals surface area contributed by atoms with Crippen molar-refractivity contribution in [3.63, 3.8) is 0 Å². The third-order valence-corrected chi connectivity index (χ3v) is 10.9. The topological polar surface area (TPSA) is 99.3 Å². The second-order valence-corrected chi connectivity index (χ2v) is 14.5. The minimum Gasteiger partial charge on any atom is -0.366 e. The van der Waals surface area contributed by atoms with Crippen LogP contribution in [0.15, 0.2) is 64.3 Å². The van der Waals surface area contributed by atoms with Gasteiger partial charge in [-0.1, -0.05) is 51.7 Å². The molecule has 7 nitrogen and oxygen atoms in total. The van der Waals surface area contributed by atoms with Gasteiger partial charge in [-0.05, 0) is 80.5 Å². The monoisotopic (exact) mass is 659 g/mol. The summed E-state index contributed by atoms with van der Waals surface area (Å²) in [6.07, 6.45) is 7.21. The number of nitrogens with zero attached hydrogens (tertiary/aromatic N) is 1. The van der Waals surface area contributed by atoms with Gasteiger partial charge in [-0.15, -0.1) is 0 Å². The van der Waals surface area contributed by atoms with Crippen LogP contribution in [-0.2, 0) is 20.8 Å². The number of anilines is 1. The van der Waals surface area contributed by atoms with E-state index >= 15 is 0 Å². The van der Waals surface area contributed by atoms with Crippen LogP contribution in [0, 0.1) is 5.92 Å². The van der Waals surface area contributed by atoms with Crippen LogP contribution in [0.25, 0.3) is 17.0 Å². The van der Waals surface area contributed by atoms with Crippen molar-refractivity contribution in [2.75, 3.05) is 17.2 Å². The lowest BCUT2D eigenvalue weighted by molar-refractivity contribution is -0.136. The molecule has 2 atom stereocenters. The number of carbonyl (C=O) groups excluding carboxylic acids is 1. The van der Waals surface area contributed by atoms with Crippen LogP contribution in [0.1, 0.15) is 83.3 Å². The highest BCUT2D eigenvalue weighted by atomic mass is 32.2. The normalized spacial score (nSPS) is 19.4. The van der Waals surface area contributed by atoms with Gasteiger partial charge in [0.05, 0.1) is 16.2 Å². The molecule has 11 heteroatoms. The zero-order valence-corrected chi connectivity index (χ0v) is 26.2. The average molecular weight is 660 g/mol. The highest BCUT2D eigenvalue weighted by Gasteiger charge is 2.35. The summed E-state index contributed by atoms with van der Waals surface area (Å²) in [5.41, 5.74) is -0.281. The summed E-state index contributed by atoms with van der Waals surface area (Å²) in [5.74, 6) is 0.358. The number of hydrogen-bond donors (Lipinski definition) is 2. The Morgan fingerprint density at radius 3 is 2.41 bits per heavy atom. The summed E-state index contributed by atoms with van der Waals surface area (Å²) >= 11 is 0. The predicted octanol–water partition coefficient (Wildman–Crippen LogP) is 7.50. The summed E-state index contributed by atoms with van der Waals surface area (Å²) < 4.78 is 66.7. The first kappa shape index (κ1) is 35.3. The standard InChI is InChI=1S/C34H40F3N3O4S.CH4/c1-23-7-11-26(40(23)27-12-15-31-29(21-27)30(34(35,36)37)22-33(42)39-31)17-19-38-32(41)16-10-25-8-13-28(14-9-25)45(43,44)20-18-24-5-3-2-4-6-24;/h8-10,12-16,21-24,26H,2-7,11,17-20H2,1H3,(H,38,41)(H,39,42);1H4/b16-10+;/t23-,26-;/m1./s1. The first-order valence-corrected chi connectivity index (χ1v) is 17.4. The Bertz CT molecular complexity index is 1690. The van der Waals surface area contributed by atoms with Crippen LogP contribution in [-0.4, -0.2) is 43.7 Å². The van der Waals surface area contributed by atoms with Crippen LogP contribution in [0.4, 0.5) is 18.9 Å². The minimum absolute atomic E-state index is 0. The maximum atomic E-state index is 13.7. The molecular weight excluding hydrogens is 615 g/mol. The molecule has 1 amide bonds. The number of aromatic nitrogens is 1. The number of hydrogen-bond acceptors (Lipinski definition) is 5. The number of sulfone groups is 1. The predicted molar refractivity (Wildman–Crippen MR) is 178 cm³/mol. The van der Waals surface area contributed by atoms with Crippen LogP contribution in [0.2, 0.25) is 0 Å². The third-order valence-electron chi connectivity index (χ3n) is 9.18. The molecule has 3 aromatic rings. The molecule has 2 aliphatic rings. The van der Waals surface area contributed by atoms with E-state index in [1.54, 1.807) is 36.4 Å². The zero-order valence-electron chi connectivity index (χ0n) is 25.4. The molecule has 2 aromatic carbocycles. The molecule has 0 spiro atoms. The molecule has 0 radical (unpaired) electrons. The number of pyridine rings is 1. The average Bonchev–Trinajstić information content (AvgIpc) is 3.38. The number of halogens is 3. The van der Waals surface area contributed by atoms with Crippen molar-refractivity contribution in [2.24, 2.45) is 5.92 Å². The Labute approximate surface area is 269 Å². The van der Waals surface area contributed by atoms with Gasteiger partial charge in [-0.2, -0.15) is 13.2 Å². The van der Waals surface area contributed by atoms with E-state index in [9.17, 15) is 31.2 Å². The highest BCUT2D eigenvalue weighted by Crippen LogP contribution is 2.38. The number of rotatable bonds is 10. The summed E-state index contributed by atoms with van der Waals surface area (Å²) in [6.45, 7) is 2.40. The molecular formula is C35H44F3N3O4S. The first-order valence-electron chi connectivity index (χ1n) is 15.7. The Morgan fingerprint density at radius 1 is 1.00 bits per heavy atom. The Morgan fingerprint density at radius 2 is 1.72 bits per heavy atom. The van der Waals surface area contributed by atoms with Gasteiger partial charge < -0.3 is 15.2 Å². The third kappa shape index (κ3) is 8.60. The molecule has 0 bridgehead atoms. The van der Waals surface area contributed by atoms with Gasteiger partial charge in [0.2, 0.25) is 11.5 Å². The van der Waals surface area contributed by atoms with Gasteiger partial charge in [0.15, 0.2) is 9.84 Å². The molecule has 1 saturated heterocycles. The van der Waals surface area contributed by atoms with Crippen LogP contribution < -0.4 is 15.8 Å². The van der Waals surface area contributed by atoms with Crippen LogP contribution in [0.3, 0.4) is 0 Å². The van der Waals surface area contributed by atoms with E-state index in [0.717, 1.165) is 25.7 Å². The lowest BCUT2D eigenvalue weighted by Crippen LogP contribution is -2.37. The van der Waals surface area contributed by atoms with Crippen LogP contribution >= 0.6 is 0 Å². The highest BCUT2D eigenvalue weighted by molar-refractivity contribution is 7.91. The summed E-state index contributed by atoms with van der Waals surface area (Å²) in [6, 6.07) is 12.0. The van der Waals surface area contributed by atoms with Gasteiger partial charge in [0.1, 0.15) is 0 Å². The molecule has 46 heavy (non-hydrogen) atoms. The number of nitrogens with one attached hydrogen (secondary N) is 2. The molecule has 1 aliphatic carbocycles. The number of aromatic amines is 1. The van der Waals surface area contributed by atoms with E-state index in [2.05, 4.69) is 15.2 Å². The SMILES string of the molecule is C.C[C@@H]1CC[C@H](CCNC(=O)/C=C/c2ccc(S(=O)(=O)CCC3CCCCC3)cc2)N1c1ccc2[nH]c(=O)cc(C(F)(F)F)c2c1. The number of alkyl halides is 3. The zero-order chi connectivity index (χ0) is 32.2. The minimum atomic E-state index is -4.66. The first-order chi connectivity index (χ1) is 21.4. The van der Waals surface area contributed by atoms with Crippen molar-refractivity contribution in [1.29, 1.82) is 0 Å². The number of H-pyrrole nitrogens is 1. The maximum Gasteiger partial charge on any atom is 0.417 e. The second kappa shape index (κ2) is 14.9. The van der Waals surface area contributed by atoms with E-state index in [1.165, 1.54) is 37.5 Å². The van der Waals surface area contributed by atoms with E-state index in [4.69, 9.17) is 0 Å². The molecule has 2 fully saturated rings.